The average Bonchev–Trinajstić information content (AvgIpc) is 3.59. The average molecular weight is 816 g/mol. The van der Waals surface area contributed by atoms with Crippen LogP contribution in [0.15, 0.2) is 127 Å². The fourth-order valence-electron chi connectivity index (χ4n) is 9.24. The van der Waals surface area contributed by atoms with Crippen LogP contribution in [0.3, 0.4) is 0 Å². The predicted octanol–water partition coefficient (Wildman–Crippen LogP) is 11.9. The zero-order valence-corrected chi connectivity index (χ0v) is 36.5. The number of anilines is 3. The first-order valence-corrected chi connectivity index (χ1v) is 22.7. The molecule has 8 rings (SSSR count). The summed E-state index contributed by atoms with van der Waals surface area (Å²) in [7, 11) is 0. The Morgan fingerprint density at radius 2 is 0.984 bits per heavy atom. The minimum absolute atomic E-state index is 0.338. The number of carbonyl (C=O) groups excluding carboxylic acids is 1. The first-order chi connectivity index (χ1) is 29.9. The molecular weight excluding hydrogens is 755 g/mol. The summed E-state index contributed by atoms with van der Waals surface area (Å²) in [6.07, 6.45) is 11.8. The molecule has 0 saturated carbocycles. The Bertz CT molecular complexity index is 2170. The van der Waals surface area contributed by atoms with Crippen LogP contribution < -0.4 is 24.2 Å². The van der Waals surface area contributed by atoms with Gasteiger partial charge in [-0.3, -0.25) is 0 Å². The highest BCUT2D eigenvalue weighted by atomic mass is 16.6. The van der Waals surface area contributed by atoms with E-state index in [0.29, 0.717) is 18.8 Å². The number of ether oxygens (including phenoxy) is 3. The third kappa shape index (κ3) is 9.22. The Morgan fingerprint density at radius 3 is 1.38 bits per heavy atom. The van der Waals surface area contributed by atoms with Gasteiger partial charge in [0, 0.05) is 61.9 Å². The number of piperidine rings is 2. The number of esters is 1. The molecule has 316 valence electrons. The molecule has 0 N–H and O–H groups in total. The van der Waals surface area contributed by atoms with Crippen LogP contribution in [0.1, 0.15) is 104 Å². The van der Waals surface area contributed by atoms with E-state index in [9.17, 15) is 4.79 Å². The van der Waals surface area contributed by atoms with Gasteiger partial charge in [0.05, 0.1) is 18.8 Å². The van der Waals surface area contributed by atoms with Crippen LogP contribution in [0.4, 0.5) is 17.1 Å². The molecule has 5 aromatic carbocycles. The molecule has 3 aliphatic rings. The number of hydrogen-bond donors (Lipinski definition) is 0. The van der Waals surface area contributed by atoms with Crippen molar-refractivity contribution in [3.63, 3.8) is 0 Å². The summed E-state index contributed by atoms with van der Waals surface area (Å²) in [4.78, 5) is 21.7. The van der Waals surface area contributed by atoms with E-state index >= 15 is 0 Å². The van der Waals surface area contributed by atoms with Crippen molar-refractivity contribution in [1.29, 1.82) is 0 Å². The van der Waals surface area contributed by atoms with Gasteiger partial charge in [-0.05, 0) is 172 Å². The second-order valence-electron chi connectivity index (χ2n) is 16.3. The van der Waals surface area contributed by atoms with Crippen molar-refractivity contribution >= 4 is 34.2 Å². The second-order valence-corrected chi connectivity index (χ2v) is 16.3. The maximum Gasteiger partial charge on any atom is 0.340 e. The number of fused-ring (bicyclic) bond motifs is 1. The van der Waals surface area contributed by atoms with Crippen molar-refractivity contribution in [3.8, 4) is 11.5 Å². The maximum atomic E-state index is 14.5. The van der Waals surface area contributed by atoms with Gasteiger partial charge in [-0.1, -0.05) is 54.6 Å². The molecule has 0 spiro atoms. The molecule has 0 atom stereocenters. The molecule has 3 heterocycles. The van der Waals surface area contributed by atoms with Crippen molar-refractivity contribution in [2.75, 3.05) is 67.2 Å². The van der Waals surface area contributed by atoms with E-state index in [0.717, 1.165) is 95.4 Å². The van der Waals surface area contributed by atoms with Crippen molar-refractivity contribution in [2.24, 2.45) is 0 Å². The lowest BCUT2D eigenvalue weighted by atomic mass is 9.83. The number of hydrogen-bond acceptors (Lipinski definition) is 7. The van der Waals surface area contributed by atoms with Crippen LogP contribution >= 0.6 is 0 Å². The van der Waals surface area contributed by atoms with Gasteiger partial charge in [-0.25, -0.2) is 4.79 Å². The van der Waals surface area contributed by atoms with Crippen LogP contribution in [0.2, 0.25) is 0 Å². The highest BCUT2D eigenvalue weighted by Gasteiger charge is 2.44. The van der Waals surface area contributed by atoms with Crippen molar-refractivity contribution in [1.82, 2.24) is 0 Å². The molecule has 7 nitrogen and oxygen atoms in total. The summed E-state index contributed by atoms with van der Waals surface area (Å²) in [5.41, 5.74) is 9.59. The monoisotopic (exact) mass is 815 g/mol. The van der Waals surface area contributed by atoms with E-state index in [1.54, 1.807) is 0 Å². The minimum atomic E-state index is -1.27. The van der Waals surface area contributed by atoms with Gasteiger partial charge in [0.25, 0.3) is 0 Å². The third-order valence-corrected chi connectivity index (χ3v) is 12.5. The Hall–Kier alpha value is -5.95. The van der Waals surface area contributed by atoms with Gasteiger partial charge in [0.15, 0.2) is 5.60 Å². The lowest BCUT2D eigenvalue weighted by Crippen LogP contribution is -2.29. The lowest BCUT2D eigenvalue weighted by Gasteiger charge is -2.29. The zero-order chi connectivity index (χ0) is 42.2. The number of carbonyl (C=O) groups is 1. The standard InChI is InChI=1S/C54H61N3O4/c1-5-55(6-2)46-27-32-52-49(37-46)53(58)61-54(52,38-50(42-19-28-47(29-20-42)59-7-3)40-15-23-44(24-16-40)56-33-11-9-12-34-56)39-51(43-21-30-48(31-22-43)60-8-4)41-17-25-45(26-18-41)57-35-13-10-14-36-57/h15-32,37-39H,5-14,33-36H2,1-4H3/b50-38-,51-39-. The number of nitrogens with zero attached hydrogens (tertiary/aromatic N) is 3. The van der Waals surface area contributed by atoms with Crippen molar-refractivity contribution in [2.45, 2.75) is 71.8 Å². The third-order valence-electron chi connectivity index (χ3n) is 12.5. The Morgan fingerprint density at radius 1 is 0.574 bits per heavy atom. The summed E-state index contributed by atoms with van der Waals surface area (Å²) in [5.74, 6) is 1.29. The van der Waals surface area contributed by atoms with E-state index in [1.165, 1.54) is 49.9 Å². The Labute approximate surface area is 363 Å². The first-order valence-electron chi connectivity index (χ1n) is 22.7. The molecule has 7 heteroatoms. The Balaban J connectivity index is 1.35. The molecule has 3 aliphatic heterocycles. The summed E-state index contributed by atoms with van der Waals surface area (Å²) in [6.45, 7) is 15.4. The largest absolute Gasteiger partial charge is 0.494 e. The first kappa shape index (κ1) is 41.8. The van der Waals surface area contributed by atoms with E-state index in [1.807, 2.05) is 44.2 Å². The topological polar surface area (TPSA) is 54.5 Å². The molecule has 0 aromatic heterocycles. The molecule has 0 radical (unpaired) electrons. The van der Waals surface area contributed by atoms with Gasteiger partial charge >= 0.3 is 5.97 Å². The fraction of sp³-hybridized carbons (Fsp3) is 0.352. The van der Waals surface area contributed by atoms with E-state index < -0.39 is 5.60 Å². The van der Waals surface area contributed by atoms with Gasteiger partial charge in [-0.2, -0.15) is 0 Å². The molecule has 0 bridgehead atoms. The van der Waals surface area contributed by atoms with Crippen LogP contribution in [0.5, 0.6) is 11.5 Å². The molecule has 61 heavy (non-hydrogen) atoms. The van der Waals surface area contributed by atoms with Gasteiger partial charge in [0.2, 0.25) is 0 Å². The zero-order valence-electron chi connectivity index (χ0n) is 36.5. The maximum absolute atomic E-state index is 14.5. The molecule has 0 unspecified atom stereocenters. The lowest BCUT2D eigenvalue weighted by molar-refractivity contribution is 0.0299. The minimum Gasteiger partial charge on any atom is -0.494 e. The van der Waals surface area contributed by atoms with E-state index in [-0.39, 0.29) is 5.97 Å². The normalized spacial score (nSPS) is 16.6. The summed E-state index contributed by atoms with van der Waals surface area (Å²) < 4.78 is 18.6. The van der Waals surface area contributed by atoms with Gasteiger partial charge in [-0.15, -0.1) is 0 Å². The second kappa shape index (κ2) is 19.2. The molecular formula is C54H61N3O4. The van der Waals surface area contributed by atoms with Crippen LogP contribution in [0, 0.1) is 0 Å². The van der Waals surface area contributed by atoms with Crippen molar-refractivity contribution in [3.05, 3.63) is 161 Å². The van der Waals surface area contributed by atoms with Gasteiger partial charge < -0.3 is 28.9 Å². The molecule has 0 aliphatic carbocycles. The van der Waals surface area contributed by atoms with E-state index in [4.69, 9.17) is 14.2 Å². The summed E-state index contributed by atoms with van der Waals surface area (Å²) in [6, 6.07) is 40.6. The SMILES string of the molecule is CCOc1ccc(/C(=C\C2(/C=C(\c3ccc(OCC)cc3)c3ccc(N4CCCCC4)cc3)OC(=O)c3cc(N(CC)CC)ccc32)c2ccc(N3CCCCC3)cc2)cc1. The highest BCUT2D eigenvalue weighted by molar-refractivity contribution is 5.98. The van der Waals surface area contributed by atoms with Gasteiger partial charge in [0.1, 0.15) is 11.5 Å². The number of benzene rings is 5. The van der Waals surface area contributed by atoms with Crippen molar-refractivity contribution < 1.29 is 19.0 Å². The molecule has 2 fully saturated rings. The van der Waals surface area contributed by atoms with Crippen LogP contribution in [-0.2, 0) is 10.3 Å². The fourth-order valence-corrected chi connectivity index (χ4v) is 9.24. The smallest absolute Gasteiger partial charge is 0.340 e. The quantitative estimate of drug-likeness (QED) is 0.0976. The Kier molecular flexibility index (Phi) is 13.1. The molecule has 0 amide bonds. The predicted molar refractivity (Wildman–Crippen MR) is 251 cm³/mol. The van der Waals surface area contributed by atoms with Crippen LogP contribution in [-0.4, -0.2) is 58.5 Å². The number of cyclic esters (lactones) is 1. The number of rotatable bonds is 15. The summed E-state index contributed by atoms with van der Waals surface area (Å²) in [5, 5.41) is 0. The van der Waals surface area contributed by atoms with Crippen LogP contribution in [0.25, 0.3) is 11.1 Å². The molecule has 2 saturated heterocycles. The summed E-state index contributed by atoms with van der Waals surface area (Å²) >= 11 is 0. The molecule has 5 aromatic rings. The highest BCUT2D eigenvalue weighted by Crippen LogP contribution is 2.46. The van der Waals surface area contributed by atoms with E-state index in [2.05, 4.69) is 126 Å².